The molecule has 0 saturated carbocycles. The van der Waals surface area contributed by atoms with E-state index in [-0.39, 0.29) is 17.6 Å². The molecule has 7 heteroatoms. The Labute approximate surface area is 72.2 Å². The highest BCUT2D eigenvalue weighted by Gasteiger charge is 2.09. The van der Waals surface area contributed by atoms with Crippen molar-refractivity contribution in [1.82, 2.24) is 19.6 Å². The van der Waals surface area contributed by atoms with Crippen LogP contribution < -0.4 is 10.5 Å². The predicted octanol–water partition coefficient (Wildman–Crippen LogP) is -0.146. The van der Waals surface area contributed by atoms with E-state index < -0.39 is 5.95 Å². The molecule has 2 aromatic rings. The maximum absolute atomic E-state index is 12.8. The fraction of sp³-hybridized carbons (Fsp3) is 0.167. The quantitative estimate of drug-likeness (QED) is 0.622. The van der Waals surface area contributed by atoms with Crippen molar-refractivity contribution in [3.05, 3.63) is 12.0 Å². The van der Waals surface area contributed by atoms with Gasteiger partial charge in [0.25, 0.3) is 0 Å². The van der Waals surface area contributed by atoms with Crippen molar-refractivity contribution in [2.75, 3.05) is 12.8 Å². The van der Waals surface area contributed by atoms with E-state index in [4.69, 9.17) is 10.5 Å². The summed E-state index contributed by atoms with van der Waals surface area (Å²) in [5, 5.41) is 3.75. The van der Waals surface area contributed by atoms with E-state index in [2.05, 4.69) is 15.1 Å². The van der Waals surface area contributed by atoms with Gasteiger partial charge in [-0.2, -0.15) is 18.9 Å². The first kappa shape index (κ1) is 7.71. The third kappa shape index (κ3) is 1.13. The van der Waals surface area contributed by atoms with Gasteiger partial charge in [0.2, 0.25) is 11.9 Å². The van der Waals surface area contributed by atoms with Crippen molar-refractivity contribution in [2.24, 2.45) is 0 Å². The van der Waals surface area contributed by atoms with Crippen LogP contribution in [0.2, 0.25) is 0 Å². The van der Waals surface area contributed by atoms with Gasteiger partial charge in [-0.15, -0.1) is 5.10 Å². The van der Waals surface area contributed by atoms with Crippen molar-refractivity contribution in [3.63, 3.8) is 0 Å². The second kappa shape index (κ2) is 2.54. The van der Waals surface area contributed by atoms with Crippen molar-refractivity contribution < 1.29 is 9.13 Å². The van der Waals surface area contributed by atoms with Crippen molar-refractivity contribution in [3.8, 4) is 6.01 Å². The lowest BCUT2D eigenvalue weighted by atomic mass is 10.6. The van der Waals surface area contributed by atoms with E-state index in [9.17, 15) is 4.39 Å². The van der Waals surface area contributed by atoms with Gasteiger partial charge in [0.1, 0.15) is 0 Å². The molecular formula is C6H6FN5O. The second-order valence-electron chi connectivity index (χ2n) is 2.31. The predicted molar refractivity (Wildman–Crippen MR) is 41.7 cm³/mol. The van der Waals surface area contributed by atoms with Crippen LogP contribution in [0, 0.1) is 5.95 Å². The van der Waals surface area contributed by atoms with Gasteiger partial charge in [-0.05, 0) is 0 Å². The number of nitrogens with two attached hydrogens (primary N) is 1. The summed E-state index contributed by atoms with van der Waals surface area (Å²) in [6, 6.07) is 1.13. The Morgan fingerprint density at radius 2 is 2.31 bits per heavy atom. The molecule has 13 heavy (non-hydrogen) atoms. The van der Waals surface area contributed by atoms with Crippen LogP contribution in [0.15, 0.2) is 6.07 Å². The molecule has 0 spiro atoms. The lowest BCUT2D eigenvalue weighted by molar-refractivity contribution is 0.357. The number of halogens is 1. The lowest BCUT2D eigenvalue weighted by Gasteiger charge is -1.99. The highest BCUT2D eigenvalue weighted by molar-refractivity contribution is 5.42. The Bertz CT molecular complexity index is 453. The Hall–Kier alpha value is -1.92. The van der Waals surface area contributed by atoms with E-state index in [0.29, 0.717) is 0 Å². The first-order valence-electron chi connectivity index (χ1n) is 3.43. The largest absolute Gasteiger partial charge is 0.467 e. The van der Waals surface area contributed by atoms with Gasteiger partial charge in [0, 0.05) is 6.07 Å². The number of rotatable bonds is 1. The Morgan fingerprint density at radius 3 is 3.00 bits per heavy atom. The first-order chi connectivity index (χ1) is 6.20. The van der Waals surface area contributed by atoms with Crippen LogP contribution in [-0.2, 0) is 0 Å². The van der Waals surface area contributed by atoms with E-state index in [0.717, 1.165) is 6.07 Å². The summed E-state index contributed by atoms with van der Waals surface area (Å²) in [5.74, 6) is -0.637. The van der Waals surface area contributed by atoms with E-state index in [1.807, 2.05) is 0 Å². The molecule has 0 bridgehead atoms. The Morgan fingerprint density at radius 1 is 1.54 bits per heavy atom. The molecule has 0 atom stereocenters. The molecule has 6 nitrogen and oxygen atoms in total. The van der Waals surface area contributed by atoms with Gasteiger partial charge in [-0.3, -0.25) is 0 Å². The van der Waals surface area contributed by atoms with Crippen molar-refractivity contribution >= 4 is 11.6 Å². The summed E-state index contributed by atoms with van der Waals surface area (Å²) in [7, 11) is 1.36. The molecule has 2 N–H and O–H groups in total. The lowest BCUT2D eigenvalue weighted by Crippen LogP contribution is -2.00. The molecule has 0 unspecified atom stereocenters. The average Bonchev–Trinajstić information content (AvgIpc) is 2.43. The molecule has 2 aromatic heterocycles. The number of nitrogen functional groups attached to an aromatic ring is 1. The fourth-order valence-corrected chi connectivity index (χ4v) is 0.985. The van der Waals surface area contributed by atoms with Crippen molar-refractivity contribution in [2.45, 2.75) is 0 Å². The number of nitrogens with zero attached hydrogens (tertiary/aromatic N) is 4. The van der Waals surface area contributed by atoms with Gasteiger partial charge in [-0.25, -0.2) is 0 Å². The van der Waals surface area contributed by atoms with Crippen LogP contribution in [0.25, 0.3) is 5.65 Å². The average molecular weight is 183 g/mol. The zero-order chi connectivity index (χ0) is 9.42. The summed E-state index contributed by atoms with van der Waals surface area (Å²) < 4.78 is 18.8. The van der Waals surface area contributed by atoms with Gasteiger partial charge in [0.15, 0.2) is 5.65 Å². The third-order valence-corrected chi connectivity index (χ3v) is 1.46. The highest BCUT2D eigenvalue weighted by Crippen LogP contribution is 2.11. The highest BCUT2D eigenvalue weighted by atomic mass is 19.1. The number of hydrogen-bond acceptors (Lipinski definition) is 5. The second-order valence-corrected chi connectivity index (χ2v) is 2.31. The molecule has 0 fully saturated rings. The topological polar surface area (TPSA) is 78.3 Å². The minimum absolute atomic E-state index is 0.0131. The Kier molecular flexibility index (Phi) is 1.51. The van der Waals surface area contributed by atoms with Crippen LogP contribution in [0.5, 0.6) is 6.01 Å². The van der Waals surface area contributed by atoms with Gasteiger partial charge >= 0.3 is 6.01 Å². The Balaban J connectivity index is 2.80. The number of hydrogen-bond donors (Lipinski definition) is 1. The fourth-order valence-electron chi connectivity index (χ4n) is 0.985. The number of methoxy groups -OCH3 is 1. The molecule has 0 radical (unpaired) electrons. The van der Waals surface area contributed by atoms with E-state index in [1.54, 1.807) is 0 Å². The summed E-state index contributed by atoms with van der Waals surface area (Å²) in [5.41, 5.74) is 5.58. The van der Waals surface area contributed by atoms with E-state index >= 15 is 0 Å². The summed E-state index contributed by atoms with van der Waals surface area (Å²) in [6.45, 7) is 0. The van der Waals surface area contributed by atoms with Crippen LogP contribution in [0.4, 0.5) is 10.3 Å². The molecule has 68 valence electrons. The number of ether oxygens (including phenoxy) is 1. The number of fused-ring (bicyclic) bond motifs is 1. The molecular weight excluding hydrogens is 177 g/mol. The van der Waals surface area contributed by atoms with Crippen molar-refractivity contribution in [1.29, 1.82) is 0 Å². The standard InChI is InChI=1S/C6H6FN5O/c1-13-6-9-3(7)2-4-10-5(8)11-12(4)6/h2H,1H3,(H2,8,11). The SMILES string of the molecule is COc1nc(F)cc2nc(N)nn12. The first-order valence-corrected chi connectivity index (χ1v) is 3.43. The summed E-state index contributed by atoms with van der Waals surface area (Å²) >= 11 is 0. The summed E-state index contributed by atoms with van der Waals surface area (Å²) in [6.07, 6.45) is 0. The molecule has 0 saturated heterocycles. The zero-order valence-corrected chi connectivity index (χ0v) is 6.73. The molecule has 0 aromatic carbocycles. The molecule has 0 aliphatic heterocycles. The third-order valence-electron chi connectivity index (χ3n) is 1.46. The summed E-state index contributed by atoms with van der Waals surface area (Å²) in [4.78, 5) is 7.20. The maximum Gasteiger partial charge on any atom is 0.322 e. The normalized spacial score (nSPS) is 10.6. The zero-order valence-electron chi connectivity index (χ0n) is 6.73. The molecule has 0 aliphatic carbocycles. The van der Waals surface area contributed by atoms with Gasteiger partial charge in [-0.1, -0.05) is 0 Å². The van der Waals surface area contributed by atoms with Crippen LogP contribution in [0.1, 0.15) is 0 Å². The molecule has 0 amide bonds. The number of anilines is 1. The number of aromatic nitrogens is 4. The van der Waals surface area contributed by atoms with E-state index in [1.165, 1.54) is 11.6 Å². The molecule has 2 heterocycles. The molecule has 2 rings (SSSR count). The maximum atomic E-state index is 12.8. The smallest absolute Gasteiger partial charge is 0.322 e. The van der Waals surface area contributed by atoms with Gasteiger partial charge < -0.3 is 10.5 Å². The van der Waals surface area contributed by atoms with Crippen LogP contribution in [0.3, 0.4) is 0 Å². The minimum Gasteiger partial charge on any atom is -0.467 e. The van der Waals surface area contributed by atoms with Crippen LogP contribution >= 0.6 is 0 Å². The van der Waals surface area contributed by atoms with Crippen LogP contribution in [-0.4, -0.2) is 26.7 Å². The minimum atomic E-state index is -0.684. The molecule has 0 aliphatic rings. The monoisotopic (exact) mass is 183 g/mol. The van der Waals surface area contributed by atoms with Gasteiger partial charge in [0.05, 0.1) is 7.11 Å².